The SMILES string of the molecule is CCOc1cc(/C=N\NC(=O)c2cc(OC)cc(OC)c2)ccc1OCc1cccc(Cl)c1. The van der Waals surface area contributed by atoms with E-state index in [9.17, 15) is 4.79 Å². The van der Waals surface area contributed by atoms with Crippen LogP contribution in [0.5, 0.6) is 23.0 Å². The average Bonchev–Trinajstić information content (AvgIpc) is 2.83. The molecule has 8 heteroatoms. The summed E-state index contributed by atoms with van der Waals surface area (Å²) in [5, 5.41) is 4.70. The van der Waals surface area contributed by atoms with E-state index in [1.54, 1.807) is 30.3 Å². The van der Waals surface area contributed by atoms with Gasteiger partial charge in [0.2, 0.25) is 0 Å². The van der Waals surface area contributed by atoms with Gasteiger partial charge in [-0.05, 0) is 60.5 Å². The number of nitrogens with one attached hydrogen (secondary N) is 1. The van der Waals surface area contributed by atoms with E-state index in [0.717, 1.165) is 11.1 Å². The normalized spacial score (nSPS) is 10.7. The van der Waals surface area contributed by atoms with E-state index in [0.29, 0.717) is 46.8 Å². The summed E-state index contributed by atoms with van der Waals surface area (Å²) < 4.78 is 22.0. The third-order valence-electron chi connectivity index (χ3n) is 4.54. The molecule has 7 nitrogen and oxygen atoms in total. The zero-order valence-corrected chi connectivity index (χ0v) is 19.4. The Morgan fingerprint density at radius 1 is 0.970 bits per heavy atom. The highest BCUT2D eigenvalue weighted by Gasteiger charge is 2.10. The van der Waals surface area contributed by atoms with Crippen LogP contribution in [-0.4, -0.2) is 32.9 Å². The first kappa shape index (κ1) is 23.9. The van der Waals surface area contributed by atoms with E-state index in [4.69, 9.17) is 30.5 Å². The molecular formula is C25H25ClN2O5. The van der Waals surface area contributed by atoms with Gasteiger partial charge < -0.3 is 18.9 Å². The summed E-state index contributed by atoms with van der Waals surface area (Å²) in [6.07, 6.45) is 1.53. The molecular weight excluding hydrogens is 444 g/mol. The van der Waals surface area contributed by atoms with E-state index < -0.39 is 5.91 Å². The molecule has 0 heterocycles. The van der Waals surface area contributed by atoms with Crippen molar-refractivity contribution in [3.63, 3.8) is 0 Å². The van der Waals surface area contributed by atoms with E-state index in [2.05, 4.69) is 10.5 Å². The fourth-order valence-electron chi connectivity index (χ4n) is 2.95. The minimum atomic E-state index is -0.394. The quantitative estimate of drug-likeness (QED) is 0.331. The summed E-state index contributed by atoms with van der Waals surface area (Å²) in [5.41, 5.74) is 4.55. The van der Waals surface area contributed by atoms with Gasteiger partial charge in [-0.25, -0.2) is 5.43 Å². The number of hydrogen-bond acceptors (Lipinski definition) is 6. The number of methoxy groups -OCH3 is 2. The number of carbonyl (C=O) groups excluding carboxylic acids is 1. The lowest BCUT2D eigenvalue weighted by molar-refractivity contribution is 0.0954. The van der Waals surface area contributed by atoms with Crippen LogP contribution in [0.3, 0.4) is 0 Å². The first-order chi connectivity index (χ1) is 16.0. The van der Waals surface area contributed by atoms with Crippen molar-refractivity contribution in [1.29, 1.82) is 0 Å². The van der Waals surface area contributed by atoms with Crippen LogP contribution in [0.4, 0.5) is 0 Å². The summed E-state index contributed by atoms with van der Waals surface area (Å²) in [6, 6.07) is 17.8. The molecule has 0 atom stereocenters. The number of nitrogens with zero attached hydrogens (tertiary/aromatic N) is 1. The van der Waals surface area contributed by atoms with E-state index in [1.807, 2.05) is 37.3 Å². The van der Waals surface area contributed by atoms with E-state index in [-0.39, 0.29) is 0 Å². The molecule has 0 aliphatic rings. The third-order valence-corrected chi connectivity index (χ3v) is 4.78. The molecule has 0 saturated carbocycles. The number of halogens is 1. The molecule has 0 unspecified atom stereocenters. The average molecular weight is 469 g/mol. The highest BCUT2D eigenvalue weighted by atomic mass is 35.5. The first-order valence-electron chi connectivity index (χ1n) is 10.2. The van der Waals surface area contributed by atoms with Crippen molar-refractivity contribution in [3.05, 3.63) is 82.4 Å². The predicted molar refractivity (Wildman–Crippen MR) is 128 cm³/mol. The molecule has 0 bridgehead atoms. The van der Waals surface area contributed by atoms with Gasteiger partial charge in [-0.15, -0.1) is 0 Å². The molecule has 0 spiro atoms. The van der Waals surface area contributed by atoms with Gasteiger partial charge >= 0.3 is 0 Å². The number of benzene rings is 3. The summed E-state index contributed by atoms with van der Waals surface area (Å²) in [4.78, 5) is 12.4. The second-order valence-electron chi connectivity index (χ2n) is 6.86. The summed E-state index contributed by atoms with van der Waals surface area (Å²) in [7, 11) is 3.04. The Balaban J connectivity index is 1.68. The van der Waals surface area contributed by atoms with Gasteiger partial charge in [0.1, 0.15) is 18.1 Å². The summed E-state index contributed by atoms with van der Waals surface area (Å²) >= 11 is 6.03. The Kier molecular flexibility index (Phi) is 8.55. The van der Waals surface area contributed by atoms with Crippen LogP contribution in [0.2, 0.25) is 5.02 Å². The first-order valence-corrected chi connectivity index (χ1v) is 10.6. The standard InChI is InChI=1S/C25H25ClN2O5/c1-4-32-24-11-17(8-9-23(24)33-16-18-6-5-7-20(26)10-18)15-27-28-25(29)19-12-21(30-2)14-22(13-19)31-3/h5-15H,4,16H2,1-3H3,(H,28,29)/b27-15-. The number of amides is 1. The molecule has 1 amide bonds. The van der Waals surface area contributed by atoms with Crippen molar-refractivity contribution >= 4 is 23.7 Å². The van der Waals surface area contributed by atoms with Crippen LogP contribution in [-0.2, 0) is 6.61 Å². The van der Waals surface area contributed by atoms with E-state index >= 15 is 0 Å². The van der Waals surface area contributed by atoms with Crippen LogP contribution in [0.15, 0.2) is 65.8 Å². The molecule has 3 rings (SSSR count). The molecule has 3 aromatic carbocycles. The fraction of sp³-hybridized carbons (Fsp3) is 0.200. The van der Waals surface area contributed by atoms with Crippen LogP contribution in [0, 0.1) is 0 Å². The molecule has 33 heavy (non-hydrogen) atoms. The summed E-state index contributed by atoms with van der Waals surface area (Å²) in [6.45, 7) is 2.72. The number of carbonyl (C=O) groups is 1. The predicted octanol–water partition coefficient (Wildman–Crippen LogP) is 5.10. The zero-order chi connectivity index (χ0) is 23.6. The monoisotopic (exact) mass is 468 g/mol. The van der Waals surface area contributed by atoms with E-state index in [1.165, 1.54) is 20.4 Å². The van der Waals surface area contributed by atoms with Gasteiger partial charge in [-0.1, -0.05) is 23.7 Å². The largest absolute Gasteiger partial charge is 0.497 e. The molecule has 0 aliphatic carbocycles. The lowest BCUT2D eigenvalue weighted by atomic mass is 10.2. The van der Waals surface area contributed by atoms with Crippen molar-refractivity contribution in [2.45, 2.75) is 13.5 Å². The lowest BCUT2D eigenvalue weighted by Gasteiger charge is -2.13. The Morgan fingerprint density at radius 2 is 1.73 bits per heavy atom. The van der Waals surface area contributed by atoms with Crippen molar-refractivity contribution < 1.29 is 23.7 Å². The molecule has 0 radical (unpaired) electrons. The minimum absolute atomic E-state index is 0.355. The van der Waals surface area contributed by atoms with Crippen molar-refractivity contribution in [2.24, 2.45) is 5.10 Å². The van der Waals surface area contributed by atoms with Crippen molar-refractivity contribution in [2.75, 3.05) is 20.8 Å². The molecule has 0 fully saturated rings. The Morgan fingerprint density at radius 3 is 2.39 bits per heavy atom. The molecule has 0 saturated heterocycles. The van der Waals surface area contributed by atoms with Gasteiger partial charge in [0.15, 0.2) is 11.5 Å². The van der Waals surface area contributed by atoms with Crippen LogP contribution in [0.25, 0.3) is 0 Å². The smallest absolute Gasteiger partial charge is 0.271 e. The topological polar surface area (TPSA) is 78.4 Å². The van der Waals surface area contributed by atoms with Gasteiger partial charge in [0.05, 0.1) is 27.0 Å². The molecule has 172 valence electrons. The molecule has 1 N–H and O–H groups in total. The maximum Gasteiger partial charge on any atom is 0.271 e. The molecule has 3 aromatic rings. The summed E-state index contributed by atoms with van der Waals surface area (Å²) in [5.74, 6) is 1.81. The number of hydrazone groups is 1. The number of rotatable bonds is 10. The number of ether oxygens (including phenoxy) is 4. The van der Waals surface area contributed by atoms with Crippen LogP contribution >= 0.6 is 11.6 Å². The molecule has 0 aliphatic heterocycles. The Bertz CT molecular complexity index is 1110. The lowest BCUT2D eigenvalue weighted by Crippen LogP contribution is -2.17. The van der Waals surface area contributed by atoms with Crippen molar-refractivity contribution in [3.8, 4) is 23.0 Å². The van der Waals surface area contributed by atoms with Crippen LogP contribution in [0.1, 0.15) is 28.4 Å². The fourth-order valence-corrected chi connectivity index (χ4v) is 3.16. The third kappa shape index (κ3) is 6.89. The second kappa shape index (κ2) is 11.8. The maximum atomic E-state index is 12.4. The Hall–Kier alpha value is -3.71. The van der Waals surface area contributed by atoms with Gasteiger partial charge in [0, 0.05) is 16.7 Å². The van der Waals surface area contributed by atoms with Crippen LogP contribution < -0.4 is 24.4 Å². The highest BCUT2D eigenvalue weighted by molar-refractivity contribution is 6.30. The zero-order valence-electron chi connectivity index (χ0n) is 18.6. The molecule has 0 aromatic heterocycles. The van der Waals surface area contributed by atoms with Gasteiger partial charge in [-0.3, -0.25) is 4.79 Å². The van der Waals surface area contributed by atoms with Gasteiger partial charge in [-0.2, -0.15) is 5.10 Å². The highest BCUT2D eigenvalue weighted by Crippen LogP contribution is 2.29. The number of hydrogen-bond donors (Lipinski definition) is 1. The Labute approximate surface area is 197 Å². The minimum Gasteiger partial charge on any atom is -0.497 e. The van der Waals surface area contributed by atoms with Crippen molar-refractivity contribution in [1.82, 2.24) is 5.43 Å². The van der Waals surface area contributed by atoms with Gasteiger partial charge in [0.25, 0.3) is 5.91 Å². The second-order valence-corrected chi connectivity index (χ2v) is 7.29. The maximum absolute atomic E-state index is 12.4.